The number of rotatable bonds is 2. The van der Waals surface area contributed by atoms with Crippen LogP contribution in [-0.4, -0.2) is 17.7 Å². The Bertz CT molecular complexity index is 520. The largest absolute Gasteiger partial charge is 0.493 e. The van der Waals surface area contributed by atoms with E-state index in [1.807, 2.05) is 0 Å². The Balaban J connectivity index is 2.58. The number of hydrogen-bond acceptors (Lipinski definition) is 2. The van der Waals surface area contributed by atoms with Crippen molar-refractivity contribution in [2.24, 2.45) is 5.41 Å². The molecule has 19 heavy (non-hydrogen) atoms. The van der Waals surface area contributed by atoms with Crippen molar-refractivity contribution in [3.8, 4) is 5.75 Å². The van der Waals surface area contributed by atoms with Gasteiger partial charge in [-0.15, -0.1) is 0 Å². The van der Waals surface area contributed by atoms with Crippen LogP contribution in [0, 0.1) is 5.41 Å². The molecule has 6 heteroatoms. The molecule has 0 bridgehead atoms. The molecule has 1 aromatic rings. The number of carboxylic acids is 1. The zero-order valence-corrected chi connectivity index (χ0v) is 10.4. The van der Waals surface area contributed by atoms with Gasteiger partial charge in [-0.25, -0.2) is 0 Å². The molecule has 0 spiro atoms. The normalized spacial score (nSPS) is 18.9. The molecule has 0 aromatic heterocycles. The molecule has 2 rings (SSSR count). The lowest BCUT2D eigenvalue weighted by Gasteiger charge is -2.27. The Kier molecular flexibility index (Phi) is 2.99. The van der Waals surface area contributed by atoms with Crippen LogP contribution in [0.3, 0.4) is 0 Å². The highest BCUT2D eigenvalue weighted by Crippen LogP contribution is 2.49. The van der Waals surface area contributed by atoms with E-state index in [4.69, 9.17) is 4.74 Å². The summed E-state index contributed by atoms with van der Waals surface area (Å²) < 4.78 is 44.2. The Labute approximate surface area is 108 Å². The lowest BCUT2D eigenvalue weighted by atomic mass is 9.74. The van der Waals surface area contributed by atoms with E-state index in [1.165, 1.54) is 26.0 Å². The van der Waals surface area contributed by atoms with Gasteiger partial charge in [0.15, 0.2) is 0 Å². The molecular formula is C13H13F3O3. The molecule has 1 N–H and O–H groups in total. The predicted octanol–water partition coefficient (Wildman–Crippen LogP) is 3.29. The molecule has 1 heterocycles. The van der Waals surface area contributed by atoms with E-state index in [-0.39, 0.29) is 17.9 Å². The fourth-order valence-electron chi connectivity index (χ4n) is 2.25. The summed E-state index contributed by atoms with van der Waals surface area (Å²) >= 11 is 0. The second-order valence-corrected chi connectivity index (χ2v) is 5.11. The molecule has 1 aliphatic heterocycles. The Morgan fingerprint density at radius 2 is 2.00 bits per heavy atom. The van der Waals surface area contributed by atoms with Crippen molar-refractivity contribution in [2.75, 3.05) is 6.61 Å². The second-order valence-electron chi connectivity index (χ2n) is 5.11. The average Bonchev–Trinajstić information content (AvgIpc) is 2.70. The lowest BCUT2D eigenvalue weighted by Crippen LogP contribution is -2.33. The summed E-state index contributed by atoms with van der Waals surface area (Å²) in [6.45, 7) is 2.76. The number of hydrogen-bond donors (Lipinski definition) is 1. The molecule has 0 aliphatic carbocycles. The zero-order chi connectivity index (χ0) is 14.4. The lowest BCUT2D eigenvalue weighted by molar-refractivity contribution is -0.149. The van der Waals surface area contributed by atoms with E-state index in [2.05, 4.69) is 0 Å². The van der Waals surface area contributed by atoms with Gasteiger partial charge in [-0.3, -0.25) is 4.79 Å². The van der Waals surface area contributed by atoms with Gasteiger partial charge in [-0.1, -0.05) is 6.07 Å². The van der Waals surface area contributed by atoms with Gasteiger partial charge in [-0.05, 0) is 26.0 Å². The summed E-state index contributed by atoms with van der Waals surface area (Å²) in [6.07, 6.45) is -4.52. The molecule has 104 valence electrons. The third-order valence-electron chi connectivity index (χ3n) is 3.55. The van der Waals surface area contributed by atoms with Gasteiger partial charge in [0.1, 0.15) is 5.75 Å². The number of benzene rings is 1. The molecule has 1 atom stereocenters. The van der Waals surface area contributed by atoms with Crippen LogP contribution in [0.1, 0.15) is 30.9 Å². The number of aliphatic carboxylic acids is 1. The van der Waals surface area contributed by atoms with Gasteiger partial charge < -0.3 is 9.84 Å². The minimum atomic E-state index is -4.52. The maximum atomic E-state index is 13.0. The quantitative estimate of drug-likeness (QED) is 0.900. The molecule has 0 amide bonds. The minimum absolute atomic E-state index is 0.0533. The van der Waals surface area contributed by atoms with E-state index in [0.717, 1.165) is 6.07 Å². The van der Waals surface area contributed by atoms with Gasteiger partial charge in [0.2, 0.25) is 0 Å². The van der Waals surface area contributed by atoms with Crippen LogP contribution in [0.25, 0.3) is 0 Å². The zero-order valence-electron chi connectivity index (χ0n) is 10.4. The van der Waals surface area contributed by atoms with Crippen molar-refractivity contribution in [1.82, 2.24) is 0 Å². The average molecular weight is 274 g/mol. The number of fused-ring (bicyclic) bond motifs is 1. The summed E-state index contributed by atoms with van der Waals surface area (Å²) in [4.78, 5) is 11.2. The van der Waals surface area contributed by atoms with Crippen LogP contribution in [0.15, 0.2) is 18.2 Å². The number of alkyl halides is 3. The fourth-order valence-corrected chi connectivity index (χ4v) is 2.25. The van der Waals surface area contributed by atoms with Crippen LogP contribution in [0.4, 0.5) is 13.2 Å². The Morgan fingerprint density at radius 3 is 2.53 bits per heavy atom. The van der Waals surface area contributed by atoms with Crippen molar-refractivity contribution < 1.29 is 27.8 Å². The summed E-state index contributed by atoms with van der Waals surface area (Å²) in [5.41, 5.74) is -2.20. The van der Waals surface area contributed by atoms with Gasteiger partial charge in [0, 0.05) is 11.5 Å². The molecule has 1 unspecified atom stereocenters. The summed E-state index contributed by atoms with van der Waals surface area (Å²) in [7, 11) is 0. The molecule has 0 fully saturated rings. The number of halogens is 3. The highest BCUT2D eigenvalue weighted by atomic mass is 19.4. The van der Waals surface area contributed by atoms with Crippen LogP contribution < -0.4 is 4.74 Å². The number of carbonyl (C=O) groups is 1. The van der Waals surface area contributed by atoms with E-state index in [0.29, 0.717) is 0 Å². The van der Waals surface area contributed by atoms with Gasteiger partial charge >= 0.3 is 12.1 Å². The molecule has 1 aliphatic rings. The molecule has 3 nitrogen and oxygen atoms in total. The molecular weight excluding hydrogens is 261 g/mol. The first-order valence-corrected chi connectivity index (χ1v) is 5.72. The standard InChI is InChI=1S/C13H13F3O3/c1-12(2,11(17)18)8-6-19-9-5-3-4-7(10(8)9)13(14,15)16/h3-5,8H,6H2,1-2H3,(H,17,18). The maximum absolute atomic E-state index is 13.0. The van der Waals surface area contributed by atoms with Crippen molar-refractivity contribution >= 4 is 5.97 Å². The Morgan fingerprint density at radius 1 is 1.37 bits per heavy atom. The minimum Gasteiger partial charge on any atom is -0.493 e. The molecule has 1 aromatic carbocycles. The van der Waals surface area contributed by atoms with E-state index < -0.39 is 29.0 Å². The SMILES string of the molecule is CC(C)(C(=O)O)C1COc2cccc(C(F)(F)F)c21. The molecule has 0 saturated heterocycles. The number of ether oxygens (including phenoxy) is 1. The van der Waals surface area contributed by atoms with Crippen LogP contribution >= 0.6 is 0 Å². The summed E-state index contributed by atoms with van der Waals surface area (Å²) in [6, 6.07) is 3.65. The smallest absolute Gasteiger partial charge is 0.416 e. The van der Waals surface area contributed by atoms with Crippen LogP contribution in [-0.2, 0) is 11.0 Å². The van der Waals surface area contributed by atoms with Gasteiger partial charge in [0.05, 0.1) is 17.6 Å². The second kappa shape index (κ2) is 4.15. The number of carboxylic acid groups (broad SMARTS) is 1. The Hall–Kier alpha value is -1.72. The van der Waals surface area contributed by atoms with E-state index in [1.54, 1.807) is 0 Å². The van der Waals surface area contributed by atoms with Crippen LogP contribution in [0.2, 0.25) is 0 Å². The first-order chi connectivity index (χ1) is 8.65. The first kappa shape index (κ1) is 13.7. The highest BCUT2D eigenvalue weighted by molar-refractivity contribution is 5.76. The van der Waals surface area contributed by atoms with Crippen LogP contribution in [0.5, 0.6) is 5.75 Å². The van der Waals surface area contributed by atoms with Crippen molar-refractivity contribution in [1.29, 1.82) is 0 Å². The van der Waals surface area contributed by atoms with E-state index >= 15 is 0 Å². The summed E-state index contributed by atoms with van der Waals surface area (Å²) in [5.74, 6) is -1.85. The third-order valence-corrected chi connectivity index (χ3v) is 3.55. The predicted molar refractivity (Wildman–Crippen MR) is 61.1 cm³/mol. The van der Waals surface area contributed by atoms with E-state index in [9.17, 15) is 23.1 Å². The first-order valence-electron chi connectivity index (χ1n) is 5.72. The van der Waals surface area contributed by atoms with Crippen molar-refractivity contribution in [2.45, 2.75) is 25.9 Å². The monoisotopic (exact) mass is 274 g/mol. The fraction of sp³-hybridized carbons (Fsp3) is 0.462. The maximum Gasteiger partial charge on any atom is 0.416 e. The summed E-state index contributed by atoms with van der Waals surface area (Å²) in [5, 5.41) is 9.18. The van der Waals surface area contributed by atoms with Crippen molar-refractivity contribution in [3.05, 3.63) is 29.3 Å². The topological polar surface area (TPSA) is 46.5 Å². The van der Waals surface area contributed by atoms with Gasteiger partial charge in [0.25, 0.3) is 0 Å². The third kappa shape index (κ3) is 2.15. The van der Waals surface area contributed by atoms with Crippen molar-refractivity contribution in [3.63, 3.8) is 0 Å². The molecule has 0 saturated carbocycles. The van der Waals surface area contributed by atoms with Gasteiger partial charge in [-0.2, -0.15) is 13.2 Å². The molecule has 0 radical (unpaired) electrons. The highest BCUT2D eigenvalue weighted by Gasteiger charge is 2.47.